The molecule has 4 aromatic rings. The summed E-state index contributed by atoms with van der Waals surface area (Å²) in [4.78, 5) is 17.3. The molecule has 25 heavy (non-hydrogen) atoms. The number of aromatic nitrogens is 1. The van der Waals surface area contributed by atoms with Crippen molar-refractivity contribution in [2.75, 3.05) is 0 Å². The Balaban J connectivity index is 1.39. The number of phenolic OH excluding ortho intramolecular Hbond substituents is 1. The molecule has 1 N–H and O–H groups in total. The molecule has 0 atom stereocenters. The number of furan rings is 1. The number of ether oxygens (including phenoxy) is 1. The first-order valence-corrected chi connectivity index (χ1v) is 8.40. The quantitative estimate of drug-likeness (QED) is 0.542. The van der Waals surface area contributed by atoms with Gasteiger partial charge in [0.25, 0.3) is 0 Å². The Morgan fingerprint density at radius 3 is 3.00 bits per heavy atom. The fraction of sp³-hybridized carbons (Fsp3) is 0.111. The van der Waals surface area contributed by atoms with Gasteiger partial charge in [-0.05, 0) is 23.6 Å². The number of phenols is 1. The first-order chi connectivity index (χ1) is 12.2. The topological polar surface area (TPSA) is 85.7 Å². The van der Waals surface area contributed by atoms with Crippen LogP contribution in [0.25, 0.3) is 21.7 Å². The second-order valence-electron chi connectivity index (χ2n) is 5.40. The summed E-state index contributed by atoms with van der Waals surface area (Å²) in [5.74, 6) is 0.238. The normalized spacial score (nSPS) is 11.0. The fourth-order valence-electron chi connectivity index (χ4n) is 2.46. The number of carbonyl (C=O) groups excluding carboxylic acids is 1. The molecule has 4 rings (SSSR count). The summed E-state index contributed by atoms with van der Waals surface area (Å²) in [6.07, 6.45) is 3.06. The highest BCUT2D eigenvalue weighted by Crippen LogP contribution is 2.26. The Kier molecular flexibility index (Phi) is 3.99. The van der Waals surface area contributed by atoms with Gasteiger partial charge in [-0.25, -0.2) is 4.98 Å². The van der Waals surface area contributed by atoms with Crippen LogP contribution in [0, 0.1) is 0 Å². The van der Waals surface area contributed by atoms with Crippen molar-refractivity contribution in [2.24, 2.45) is 0 Å². The van der Waals surface area contributed by atoms with Gasteiger partial charge in [-0.1, -0.05) is 6.07 Å². The summed E-state index contributed by atoms with van der Waals surface area (Å²) >= 11 is 1.53. The zero-order valence-corrected chi connectivity index (χ0v) is 13.8. The standard InChI is InChI=1S/C18H13NO5S/c20-13-3-4-14-11(8-22-15(14)7-13)6-17(21)23-9-12-10-24-18(19-12)16-2-1-5-25-16/h1-5,7-8,10,20H,6,9H2. The molecule has 0 aliphatic carbocycles. The third-order valence-corrected chi connectivity index (χ3v) is 4.50. The predicted molar refractivity (Wildman–Crippen MR) is 91.2 cm³/mol. The summed E-state index contributed by atoms with van der Waals surface area (Å²) in [7, 11) is 0. The van der Waals surface area contributed by atoms with Crippen LogP contribution in [0.15, 0.2) is 57.1 Å². The molecule has 126 valence electrons. The van der Waals surface area contributed by atoms with Gasteiger partial charge in [0.05, 0.1) is 17.6 Å². The molecule has 0 saturated heterocycles. The van der Waals surface area contributed by atoms with Crippen molar-refractivity contribution in [1.82, 2.24) is 4.98 Å². The lowest BCUT2D eigenvalue weighted by Gasteiger charge is -2.01. The van der Waals surface area contributed by atoms with E-state index in [1.54, 1.807) is 12.1 Å². The average molecular weight is 355 g/mol. The number of carbonyl (C=O) groups is 1. The van der Waals surface area contributed by atoms with E-state index in [9.17, 15) is 9.90 Å². The van der Waals surface area contributed by atoms with Gasteiger partial charge in [0, 0.05) is 17.0 Å². The van der Waals surface area contributed by atoms with Crippen molar-refractivity contribution in [3.63, 3.8) is 0 Å². The van der Waals surface area contributed by atoms with Crippen LogP contribution in [-0.2, 0) is 22.6 Å². The van der Waals surface area contributed by atoms with Crippen LogP contribution in [0.4, 0.5) is 0 Å². The zero-order valence-electron chi connectivity index (χ0n) is 13.0. The van der Waals surface area contributed by atoms with Crippen molar-refractivity contribution in [2.45, 2.75) is 13.0 Å². The van der Waals surface area contributed by atoms with Gasteiger partial charge in [-0.15, -0.1) is 11.3 Å². The second kappa shape index (κ2) is 6.45. The van der Waals surface area contributed by atoms with Crippen LogP contribution in [0.3, 0.4) is 0 Å². The summed E-state index contributed by atoms with van der Waals surface area (Å²) in [5, 5.41) is 12.1. The van der Waals surface area contributed by atoms with E-state index in [-0.39, 0.29) is 18.8 Å². The highest BCUT2D eigenvalue weighted by atomic mass is 32.1. The first kappa shape index (κ1) is 15.5. The molecule has 0 spiro atoms. The Hall–Kier alpha value is -3.06. The third-order valence-electron chi connectivity index (χ3n) is 3.64. The molecular weight excluding hydrogens is 342 g/mol. The number of rotatable bonds is 5. The number of esters is 1. The molecule has 0 radical (unpaired) electrons. The Morgan fingerprint density at radius 1 is 1.24 bits per heavy atom. The van der Waals surface area contributed by atoms with Crippen LogP contribution in [0.5, 0.6) is 5.75 Å². The maximum atomic E-state index is 12.1. The fourth-order valence-corrected chi connectivity index (χ4v) is 3.11. The monoisotopic (exact) mass is 355 g/mol. The lowest BCUT2D eigenvalue weighted by atomic mass is 10.1. The van der Waals surface area contributed by atoms with Gasteiger partial charge < -0.3 is 18.7 Å². The minimum Gasteiger partial charge on any atom is -0.508 e. The van der Waals surface area contributed by atoms with Crippen molar-refractivity contribution < 1.29 is 23.5 Å². The number of thiophene rings is 1. The van der Waals surface area contributed by atoms with Gasteiger partial charge in [0.2, 0.25) is 5.89 Å². The predicted octanol–water partition coefficient (Wildman–Crippen LogP) is 4.14. The van der Waals surface area contributed by atoms with Gasteiger partial charge in [-0.2, -0.15) is 0 Å². The Labute approximate surface area is 146 Å². The van der Waals surface area contributed by atoms with Crippen LogP contribution in [0.2, 0.25) is 0 Å². The van der Waals surface area contributed by atoms with Gasteiger partial charge in [0.1, 0.15) is 29.9 Å². The first-order valence-electron chi connectivity index (χ1n) is 7.52. The summed E-state index contributed by atoms with van der Waals surface area (Å²) in [6, 6.07) is 8.59. The van der Waals surface area contributed by atoms with Crippen LogP contribution in [0.1, 0.15) is 11.3 Å². The van der Waals surface area contributed by atoms with Gasteiger partial charge in [-0.3, -0.25) is 4.79 Å². The zero-order chi connectivity index (χ0) is 17.2. The van der Waals surface area contributed by atoms with Gasteiger partial charge >= 0.3 is 5.97 Å². The van der Waals surface area contributed by atoms with E-state index in [4.69, 9.17) is 13.6 Å². The number of oxazole rings is 1. The summed E-state index contributed by atoms with van der Waals surface area (Å²) < 4.78 is 16.0. The molecule has 0 unspecified atom stereocenters. The maximum absolute atomic E-state index is 12.1. The lowest BCUT2D eigenvalue weighted by molar-refractivity contribution is -0.144. The SMILES string of the molecule is O=C(Cc1coc2cc(O)ccc12)OCc1coc(-c2cccs2)n1. The summed E-state index contributed by atoms with van der Waals surface area (Å²) in [5.41, 5.74) is 1.79. The molecule has 6 nitrogen and oxygen atoms in total. The smallest absolute Gasteiger partial charge is 0.310 e. The number of nitrogens with zero attached hydrogens (tertiary/aromatic N) is 1. The average Bonchev–Trinajstić information content (AvgIpc) is 3.33. The largest absolute Gasteiger partial charge is 0.508 e. The van der Waals surface area contributed by atoms with E-state index >= 15 is 0 Å². The molecule has 0 aliphatic rings. The molecule has 0 aliphatic heterocycles. The molecule has 1 aromatic carbocycles. The molecular formula is C18H13NO5S. The third kappa shape index (κ3) is 3.27. The minimum absolute atomic E-state index is 0.0459. The van der Waals surface area contributed by atoms with Crippen LogP contribution in [-0.4, -0.2) is 16.1 Å². The van der Waals surface area contributed by atoms with E-state index in [0.717, 1.165) is 10.3 Å². The Bertz CT molecular complexity index is 1020. The number of fused-ring (bicyclic) bond motifs is 1. The Morgan fingerprint density at radius 2 is 2.16 bits per heavy atom. The molecule has 0 saturated carbocycles. The lowest BCUT2D eigenvalue weighted by Crippen LogP contribution is -2.07. The van der Waals surface area contributed by atoms with E-state index in [1.807, 2.05) is 17.5 Å². The molecule has 3 aromatic heterocycles. The van der Waals surface area contributed by atoms with Gasteiger partial charge in [0.15, 0.2) is 0 Å². The second-order valence-corrected chi connectivity index (χ2v) is 6.35. The van der Waals surface area contributed by atoms with Crippen molar-refractivity contribution in [3.8, 4) is 16.5 Å². The number of hydrogen-bond donors (Lipinski definition) is 1. The van der Waals surface area contributed by atoms with Crippen LogP contribution >= 0.6 is 11.3 Å². The minimum atomic E-state index is -0.392. The molecule has 0 amide bonds. The van der Waals surface area contributed by atoms with Crippen molar-refractivity contribution in [3.05, 3.63) is 59.5 Å². The molecule has 7 heteroatoms. The molecule has 3 heterocycles. The highest BCUT2D eigenvalue weighted by Gasteiger charge is 2.14. The number of aromatic hydroxyl groups is 1. The van der Waals surface area contributed by atoms with E-state index in [1.165, 1.54) is 29.9 Å². The molecule has 0 bridgehead atoms. The van der Waals surface area contributed by atoms with E-state index < -0.39 is 5.97 Å². The maximum Gasteiger partial charge on any atom is 0.310 e. The van der Waals surface area contributed by atoms with E-state index in [0.29, 0.717) is 22.7 Å². The van der Waals surface area contributed by atoms with Crippen LogP contribution < -0.4 is 0 Å². The molecule has 0 fully saturated rings. The summed E-state index contributed by atoms with van der Waals surface area (Å²) in [6.45, 7) is 0.0459. The number of benzene rings is 1. The van der Waals surface area contributed by atoms with Crippen molar-refractivity contribution >= 4 is 28.3 Å². The van der Waals surface area contributed by atoms with E-state index in [2.05, 4.69) is 4.98 Å². The number of hydrogen-bond acceptors (Lipinski definition) is 7. The van der Waals surface area contributed by atoms with Crippen molar-refractivity contribution in [1.29, 1.82) is 0 Å². The highest BCUT2D eigenvalue weighted by molar-refractivity contribution is 7.13.